The summed E-state index contributed by atoms with van der Waals surface area (Å²) in [6, 6.07) is 0. The van der Waals surface area contributed by atoms with Crippen molar-refractivity contribution in [2.24, 2.45) is 22.4 Å². The van der Waals surface area contributed by atoms with Gasteiger partial charge in [0.05, 0.1) is 5.92 Å². The molecule has 0 aromatic carbocycles. The Balaban J connectivity index is 4.34. The molecule has 0 aromatic rings. The van der Waals surface area contributed by atoms with Crippen molar-refractivity contribution in [2.45, 2.75) is 13.1 Å². The second-order valence-corrected chi connectivity index (χ2v) is 2.60. The Hall–Kier alpha value is -1.53. The number of allylic oxidation sites excluding steroid dienone is 1. The molecule has 0 aromatic heterocycles. The van der Waals surface area contributed by atoms with Crippen LogP contribution in [0.5, 0.6) is 0 Å². The first-order valence-electron chi connectivity index (χ1n) is 3.66. The Morgan fingerprint density at radius 2 is 1.93 bits per heavy atom. The number of nitrogens with zero attached hydrogens (tertiary/aromatic N) is 1. The fourth-order valence-electron chi connectivity index (χ4n) is 0.431. The van der Waals surface area contributed by atoms with Gasteiger partial charge in [-0.3, -0.25) is 5.41 Å². The van der Waals surface area contributed by atoms with Crippen molar-refractivity contribution < 1.29 is 13.2 Å². The van der Waals surface area contributed by atoms with E-state index in [4.69, 9.17) is 16.9 Å². The zero-order chi connectivity index (χ0) is 11.4. The molecule has 14 heavy (non-hydrogen) atoms. The highest BCUT2D eigenvalue weighted by atomic mass is 19.4. The molecular weight excluding hydrogens is 197 g/mol. The average Bonchev–Trinajstić information content (AvgIpc) is 2.01. The molecule has 0 heterocycles. The largest absolute Gasteiger partial charge is 0.394 e. The van der Waals surface area contributed by atoms with Crippen molar-refractivity contribution in [2.75, 3.05) is 0 Å². The number of hydrogen-bond acceptors (Lipinski definition) is 2. The topological polar surface area (TPSA) is 88.2 Å². The molecule has 0 amide bonds. The fraction of sp³-hybridized carbons (Fsp3) is 0.429. The average molecular weight is 208 g/mol. The van der Waals surface area contributed by atoms with Crippen LogP contribution in [0.3, 0.4) is 0 Å². The summed E-state index contributed by atoms with van der Waals surface area (Å²) >= 11 is 0. The molecule has 0 saturated heterocycles. The van der Waals surface area contributed by atoms with Crippen LogP contribution < -0.4 is 11.5 Å². The number of amidine groups is 2. The molecule has 0 spiro atoms. The highest BCUT2D eigenvalue weighted by Gasteiger charge is 2.33. The first-order valence-corrected chi connectivity index (χ1v) is 3.66. The summed E-state index contributed by atoms with van der Waals surface area (Å²) in [6.07, 6.45) is -2.58. The van der Waals surface area contributed by atoms with Gasteiger partial charge in [0.15, 0.2) is 11.7 Å². The van der Waals surface area contributed by atoms with Gasteiger partial charge in [-0.15, -0.1) is 0 Å². The summed E-state index contributed by atoms with van der Waals surface area (Å²) < 4.78 is 35.8. The van der Waals surface area contributed by atoms with E-state index in [2.05, 4.69) is 4.99 Å². The van der Waals surface area contributed by atoms with Crippen LogP contribution in [0.4, 0.5) is 13.2 Å². The molecule has 5 N–H and O–H groups in total. The van der Waals surface area contributed by atoms with Gasteiger partial charge in [-0.2, -0.15) is 13.2 Å². The normalized spacial score (nSPS) is 15.9. The highest BCUT2D eigenvalue weighted by molar-refractivity contribution is 6.38. The summed E-state index contributed by atoms with van der Waals surface area (Å²) in [5.41, 5.74) is 9.99. The van der Waals surface area contributed by atoms with E-state index in [0.717, 1.165) is 19.2 Å². The van der Waals surface area contributed by atoms with Crippen LogP contribution in [0.25, 0.3) is 0 Å². The van der Waals surface area contributed by atoms with Crippen LogP contribution in [-0.4, -0.2) is 17.8 Å². The summed E-state index contributed by atoms with van der Waals surface area (Å²) in [5, 5.41) is 6.77. The smallest absolute Gasteiger partial charge is 0.381 e. The maximum atomic E-state index is 11.9. The third-order valence-electron chi connectivity index (χ3n) is 1.38. The van der Waals surface area contributed by atoms with E-state index in [9.17, 15) is 13.2 Å². The first-order chi connectivity index (χ1) is 6.25. The van der Waals surface area contributed by atoms with Crippen molar-refractivity contribution in [1.29, 1.82) is 5.41 Å². The molecule has 0 bridgehead atoms. The predicted octanol–water partition coefficient (Wildman–Crippen LogP) is 0.992. The molecule has 0 aliphatic carbocycles. The third-order valence-corrected chi connectivity index (χ3v) is 1.38. The van der Waals surface area contributed by atoms with Gasteiger partial charge in [0.25, 0.3) is 0 Å². The maximum Gasteiger partial charge on any atom is 0.394 e. The van der Waals surface area contributed by atoms with Gasteiger partial charge >= 0.3 is 6.18 Å². The second kappa shape index (κ2) is 4.64. The minimum Gasteiger partial charge on any atom is -0.381 e. The molecule has 0 rings (SSSR count). The Morgan fingerprint density at radius 3 is 2.29 bits per heavy atom. The van der Waals surface area contributed by atoms with Crippen LogP contribution in [-0.2, 0) is 0 Å². The third kappa shape index (κ3) is 4.48. The van der Waals surface area contributed by atoms with E-state index >= 15 is 0 Å². The Bertz CT molecular complexity index is 267. The molecule has 4 nitrogen and oxygen atoms in total. The Labute approximate surface area is 79.0 Å². The second-order valence-electron chi connectivity index (χ2n) is 2.60. The van der Waals surface area contributed by atoms with E-state index < -0.39 is 17.9 Å². The van der Waals surface area contributed by atoms with E-state index in [1.54, 1.807) is 0 Å². The molecule has 80 valence electrons. The zero-order valence-corrected chi connectivity index (χ0v) is 7.47. The number of aliphatic imine (C=N–C) groups is 1. The summed E-state index contributed by atoms with van der Waals surface area (Å²) in [4.78, 5) is 3.34. The first kappa shape index (κ1) is 12.5. The van der Waals surface area contributed by atoms with Crippen molar-refractivity contribution in [3.63, 3.8) is 0 Å². The van der Waals surface area contributed by atoms with E-state index in [1.807, 2.05) is 0 Å². The number of nitrogens with one attached hydrogen (secondary N) is 1. The minimum atomic E-state index is -4.29. The number of rotatable bonds is 2. The van der Waals surface area contributed by atoms with Crippen molar-refractivity contribution >= 4 is 11.7 Å². The van der Waals surface area contributed by atoms with Crippen LogP contribution >= 0.6 is 0 Å². The van der Waals surface area contributed by atoms with Crippen LogP contribution in [0.1, 0.15) is 6.92 Å². The van der Waals surface area contributed by atoms with Crippen LogP contribution in [0.2, 0.25) is 0 Å². The molecule has 0 radical (unpaired) electrons. The number of halogens is 3. The molecule has 7 heteroatoms. The molecule has 0 aliphatic heterocycles. The molecule has 0 aliphatic rings. The fourth-order valence-corrected chi connectivity index (χ4v) is 0.431. The van der Waals surface area contributed by atoms with Gasteiger partial charge < -0.3 is 11.5 Å². The zero-order valence-electron chi connectivity index (χ0n) is 7.47. The van der Waals surface area contributed by atoms with Crippen molar-refractivity contribution in [3.8, 4) is 0 Å². The molecule has 0 fully saturated rings. The Morgan fingerprint density at radius 1 is 1.43 bits per heavy atom. The lowest BCUT2D eigenvalue weighted by molar-refractivity contribution is -0.156. The number of hydrogen-bond donors (Lipinski definition) is 3. The molecular formula is C7H11F3N4. The minimum absolute atomic E-state index is 0.310. The molecule has 1 unspecified atom stereocenters. The number of alkyl halides is 3. The summed E-state index contributed by atoms with van der Waals surface area (Å²) in [7, 11) is 0. The van der Waals surface area contributed by atoms with Gasteiger partial charge in [-0.25, -0.2) is 4.99 Å². The van der Waals surface area contributed by atoms with Crippen LogP contribution in [0.15, 0.2) is 17.3 Å². The number of nitrogens with two attached hydrogens (primary N) is 2. The van der Waals surface area contributed by atoms with E-state index in [1.165, 1.54) is 0 Å². The van der Waals surface area contributed by atoms with E-state index in [0.29, 0.717) is 0 Å². The lowest BCUT2D eigenvalue weighted by Crippen LogP contribution is -2.29. The quantitative estimate of drug-likeness (QED) is 0.466. The SMILES string of the molecule is CC(C=CN=C(N)C(=N)N)C(F)(F)F. The standard InChI is InChI=1S/C7H11F3N4/c1-4(7(8,9)10)2-3-14-6(13)5(11)12/h2-4H,1H3,(H3,11,12)(H2,13,14). The Kier molecular flexibility index (Phi) is 4.13. The van der Waals surface area contributed by atoms with Crippen LogP contribution in [0, 0.1) is 11.3 Å². The van der Waals surface area contributed by atoms with Crippen molar-refractivity contribution in [1.82, 2.24) is 0 Å². The van der Waals surface area contributed by atoms with Gasteiger partial charge in [-0.1, -0.05) is 13.0 Å². The highest BCUT2D eigenvalue weighted by Crippen LogP contribution is 2.26. The molecule has 0 saturated carbocycles. The van der Waals surface area contributed by atoms with Gasteiger partial charge in [0.2, 0.25) is 0 Å². The maximum absolute atomic E-state index is 11.9. The summed E-state index contributed by atoms with van der Waals surface area (Å²) in [5.74, 6) is -2.39. The van der Waals surface area contributed by atoms with E-state index in [-0.39, 0.29) is 5.84 Å². The van der Waals surface area contributed by atoms with Crippen molar-refractivity contribution in [3.05, 3.63) is 12.3 Å². The van der Waals surface area contributed by atoms with Gasteiger partial charge in [0.1, 0.15) is 0 Å². The lowest BCUT2D eigenvalue weighted by atomic mass is 10.2. The predicted molar refractivity (Wildman–Crippen MR) is 47.9 cm³/mol. The van der Waals surface area contributed by atoms with Gasteiger partial charge in [-0.05, 0) is 0 Å². The summed E-state index contributed by atoms with van der Waals surface area (Å²) in [6.45, 7) is 0.982. The monoisotopic (exact) mass is 208 g/mol. The lowest BCUT2D eigenvalue weighted by Gasteiger charge is -2.09. The van der Waals surface area contributed by atoms with Gasteiger partial charge in [0, 0.05) is 6.20 Å². The molecule has 1 atom stereocenters.